The number of hydrogen-bond acceptors (Lipinski definition) is 3. The standard InChI is InChI=1S/C16H30N2O2/c1-2-10-18(13-14-5-3-9-17-12-14)16(19)8-7-15-6-4-11-20-15/h14-15,17H,2-13H2,1H3. The Labute approximate surface area is 123 Å². The Hall–Kier alpha value is -0.610. The zero-order chi connectivity index (χ0) is 14.2. The Balaban J connectivity index is 1.74. The SMILES string of the molecule is CCCN(CC1CCCNC1)C(=O)CCC1CCCO1. The van der Waals surface area contributed by atoms with Crippen LogP contribution in [0.2, 0.25) is 0 Å². The molecule has 0 aromatic carbocycles. The lowest BCUT2D eigenvalue weighted by molar-refractivity contribution is -0.132. The molecule has 1 amide bonds. The van der Waals surface area contributed by atoms with Gasteiger partial charge in [0.1, 0.15) is 0 Å². The molecule has 2 aliphatic rings. The van der Waals surface area contributed by atoms with Gasteiger partial charge < -0.3 is 15.0 Å². The van der Waals surface area contributed by atoms with Crippen molar-refractivity contribution in [2.75, 3.05) is 32.8 Å². The van der Waals surface area contributed by atoms with Crippen LogP contribution in [-0.2, 0) is 9.53 Å². The fraction of sp³-hybridized carbons (Fsp3) is 0.938. The monoisotopic (exact) mass is 282 g/mol. The molecular weight excluding hydrogens is 252 g/mol. The van der Waals surface area contributed by atoms with Crippen molar-refractivity contribution >= 4 is 5.91 Å². The molecular formula is C16H30N2O2. The number of carbonyl (C=O) groups excluding carboxylic acids is 1. The normalized spacial score (nSPS) is 26.6. The fourth-order valence-corrected chi connectivity index (χ4v) is 3.29. The molecule has 4 heteroatoms. The smallest absolute Gasteiger partial charge is 0.222 e. The molecule has 2 heterocycles. The van der Waals surface area contributed by atoms with Gasteiger partial charge in [-0.15, -0.1) is 0 Å². The molecule has 116 valence electrons. The van der Waals surface area contributed by atoms with Crippen molar-refractivity contribution in [3.63, 3.8) is 0 Å². The summed E-state index contributed by atoms with van der Waals surface area (Å²) in [5.74, 6) is 0.968. The minimum atomic E-state index is 0.327. The van der Waals surface area contributed by atoms with Crippen LogP contribution in [0.15, 0.2) is 0 Å². The average Bonchev–Trinajstić information content (AvgIpc) is 2.99. The number of rotatable bonds is 7. The molecule has 0 aromatic rings. The molecule has 4 nitrogen and oxygen atoms in total. The number of nitrogens with one attached hydrogen (secondary N) is 1. The van der Waals surface area contributed by atoms with E-state index in [-0.39, 0.29) is 0 Å². The topological polar surface area (TPSA) is 41.6 Å². The van der Waals surface area contributed by atoms with E-state index >= 15 is 0 Å². The highest BCUT2D eigenvalue weighted by Crippen LogP contribution is 2.18. The predicted octanol–water partition coefficient (Wildman–Crippen LogP) is 2.18. The number of carbonyl (C=O) groups is 1. The van der Waals surface area contributed by atoms with Crippen LogP contribution in [-0.4, -0.2) is 49.7 Å². The van der Waals surface area contributed by atoms with E-state index in [1.165, 1.54) is 12.8 Å². The van der Waals surface area contributed by atoms with E-state index in [0.717, 1.165) is 58.5 Å². The van der Waals surface area contributed by atoms with Crippen LogP contribution < -0.4 is 5.32 Å². The zero-order valence-electron chi connectivity index (χ0n) is 12.9. The van der Waals surface area contributed by atoms with Crippen molar-refractivity contribution in [2.24, 2.45) is 5.92 Å². The molecule has 2 fully saturated rings. The van der Waals surface area contributed by atoms with Gasteiger partial charge in [0.25, 0.3) is 0 Å². The summed E-state index contributed by atoms with van der Waals surface area (Å²) in [6.45, 7) is 7.08. The van der Waals surface area contributed by atoms with Gasteiger partial charge in [0, 0.05) is 26.1 Å². The highest BCUT2D eigenvalue weighted by atomic mass is 16.5. The van der Waals surface area contributed by atoms with Gasteiger partial charge >= 0.3 is 0 Å². The van der Waals surface area contributed by atoms with Crippen LogP contribution in [0, 0.1) is 5.92 Å². The van der Waals surface area contributed by atoms with Crippen molar-refractivity contribution in [1.82, 2.24) is 10.2 Å². The van der Waals surface area contributed by atoms with Crippen LogP contribution >= 0.6 is 0 Å². The average molecular weight is 282 g/mol. The first-order valence-electron chi connectivity index (χ1n) is 8.39. The molecule has 0 radical (unpaired) electrons. The maximum absolute atomic E-state index is 12.4. The number of amides is 1. The van der Waals surface area contributed by atoms with Gasteiger partial charge in [-0.1, -0.05) is 6.92 Å². The Bertz CT molecular complexity index is 284. The molecule has 1 N–H and O–H groups in total. The number of piperidine rings is 1. The van der Waals surface area contributed by atoms with Gasteiger partial charge in [-0.05, 0) is 57.5 Å². The second kappa shape index (κ2) is 8.63. The van der Waals surface area contributed by atoms with Gasteiger partial charge in [-0.2, -0.15) is 0 Å². The summed E-state index contributed by atoms with van der Waals surface area (Å²) in [5.41, 5.74) is 0. The number of ether oxygens (including phenoxy) is 1. The summed E-state index contributed by atoms with van der Waals surface area (Å²) in [4.78, 5) is 14.5. The molecule has 0 aliphatic carbocycles. The molecule has 0 spiro atoms. The van der Waals surface area contributed by atoms with Crippen molar-refractivity contribution in [3.8, 4) is 0 Å². The zero-order valence-corrected chi connectivity index (χ0v) is 12.9. The first-order chi connectivity index (χ1) is 9.79. The van der Waals surface area contributed by atoms with Crippen LogP contribution in [0.25, 0.3) is 0 Å². The minimum Gasteiger partial charge on any atom is -0.378 e. The summed E-state index contributed by atoms with van der Waals surface area (Å²) in [6, 6.07) is 0. The van der Waals surface area contributed by atoms with E-state index in [1.54, 1.807) is 0 Å². The molecule has 2 rings (SSSR count). The first kappa shape index (κ1) is 15.8. The molecule has 20 heavy (non-hydrogen) atoms. The highest BCUT2D eigenvalue weighted by molar-refractivity contribution is 5.76. The number of nitrogens with zero attached hydrogens (tertiary/aromatic N) is 1. The second-order valence-corrected chi connectivity index (χ2v) is 6.23. The van der Waals surface area contributed by atoms with E-state index in [4.69, 9.17) is 4.74 Å². The third-order valence-corrected chi connectivity index (χ3v) is 4.43. The minimum absolute atomic E-state index is 0.327. The van der Waals surface area contributed by atoms with E-state index < -0.39 is 0 Å². The number of hydrogen-bond donors (Lipinski definition) is 1. The lowest BCUT2D eigenvalue weighted by atomic mass is 9.98. The summed E-state index contributed by atoms with van der Waals surface area (Å²) in [5, 5.41) is 3.44. The Morgan fingerprint density at radius 1 is 1.35 bits per heavy atom. The van der Waals surface area contributed by atoms with Gasteiger partial charge in [0.05, 0.1) is 6.10 Å². The summed E-state index contributed by atoms with van der Waals surface area (Å²) >= 11 is 0. The van der Waals surface area contributed by atoms with Crippen molar-refractivity contribution in [1.29, 1.82) is 0 Å². The Morgan fingerprint density at radius 2 is 2.25 bits per heavy atom. The van der Waals surface area contributed by atoms with Crippen molar-refractivity contribution < 1.29 is 9.53 Å². The molecule has 2 unspecified atom stereocenters. The maximum atomic E-state index is 12.4. The van der Waals surface area contributed by atoms with Crippen LogP contribution in [0.5, 0.6) is 0 Å². The van der Waals surface area contributed by atoms with E-state index in [2.05, 4.69) is 17.1 Å². The van der Waals surface area contributed by atoms with E-state index in [0.29, 0.717) is 24.3 Å². The summed E-state index contributed by atoms with van der Waals surface area (Å²) in [6.07, 6.45) is 7.73. The van der Waals surface area contributed by atoms with Crippen LogP contribution in [0.4, 0.5) is 0 Å². The molecule has 0 aromatic heterocycles. The molecule has 2 atom stereocenters. The maximum Gasteiger partial charge on any atom is 0.222 e. The van der Waals surface area contributed by atoms with Crippen LogP contribution in [0.3, 0.4) is 0 Å². The molecule has 0 bridgehead atoms. The molecule has 0 saturated carbocycles. The van der Waals surface area contributed by atoms with E-state index in [9.17, 15) is 4.79 Å². The molecule has 2 aliphatic heterocycles. The highest BCUT2D eigenvalue weighted by Gasteiger charge is 2.22. The van der Waals surface area contributed by atoms with Crippen molar-refractivity contribution in [2.45, 2.75) is 58.0 Å². The lowest BCUT2D eigenvalue weighted by Gasteiger charge is -2.30. The fourth-order valence-electron chi connectivity index (χ4n) is 3.29. The molecule has 2 saturated heterocycles. The Morgan fingerprint density at radius 3 is 2.90 bits per heavy atom. The van der Waals surface area contributed by atoms with Crippen molar-refractivity contribution in [3.05, 3.63) is 0 Å². The lowest BCUT2D eigenvalue weighted by Crippen LogP contribution is -2.41. The predicted molar refractivity (Wildman–Crippen MR) is 80.7 cm³/mol. The van der Waals surface area contributed by atoms with E-state index in [1.807, 2.05) is 0 Å². The third kappa shape index (κ3) is 5.06. The summed E-state index contributed by atoms with van der Waals surface area (Å²) in [7, 11) is 0. The van der Waals surface area contributed by atoms with Gasteiger partial charge in [-0.3, -0.25) is 4.79 Å². The quantitative estimate of drug-likeness (QED) is 0.778. The van der Waals surface area contributed by atoms with Gasteiger partial charge in [0.2, 0.25) is 5.91 Å². The third-order valence-electron chi connectivity index (χ3n) is 4.43. The van der Waals surface area contributed by atoms with Gasteiger partial charge in [-0.25, -0.2) is 0 Å². The van der Waals surface area contributed by atoms with Crippen LogP contribution in [0.1, 0.15) is 51.9 Å². The largest absolute Gasteiger partial charge is 0.378 e. The Kier molecular flexibility index (Phi) is 6.80. The summed E-state index contributed by atoms with van der Waals surface area (Å²) < 4.78 is 5.61. The van der Waals surface area contributed by atoms with Gasteiger partial charge in [0.15, 0.2) is 0 Å². The second-order valence-electron chi connectivity index (χ2n) is 6.23. The first-order valence-corrected chi connectivity index (χ1v) is 8.39.